The van der Waals surface area contributed by atoms with Crippen LogP contribution in [0.15, 0.2) is 30.9 Å². The number of nitrogens with zero attached hydrogens (tertiary/aromatic N) is 2. The Morgan fingerprint density at radius 1 is 1.56 bits per heavy atom. The second-order valence-electron chi connectivity index (χ2n) is 3.93. The van der Waals surface area contributed by atoms with Crippen LogP contribution in [0.4, 0.5) is 0 Å². The summed E-state index contributed by atoms with van der Waals surface area (Å²) in [7, 11) is 0. The molecule has 0 fully saturated rings. The molecule has 0 amide bonds. The van der Waals surface area contributed by atoms with Gasteiger partial charge < -0.3 is 14.9 Å². The molecule has 0 radical (unpaired) electrons. The molecular weight excluding hydrogens is 200 g/mol. The summed E-state index contributed by atoms with van der Waals surface area (Å²) in [5.41, 5.74) is 1.31. The van der Waals surface area contributed by atoms with E-state index in [4.69, 9.17) is 0 Å². The molecule has 16 heavy (non-hydrogen) atoms. The van der Waals surface area contributed by atoms with Crippen LogP contribution in [0.5, 0.6) is 0 Å². The third kappa shape index (κ3) is 2.52. The Balaban J connectivity index is 1.87. The van der Waals surface area contributed by atoms with Crippen LogP contribution < -0.4 is 5.32 Å². The van der Waals surface area contributed by atoms with Crippen molar-refractivity contribution in [2.24, 2.45) is 0 Å². The lowest BCUT2D eigenvalue weighted by atomic mass is 10.3. The van der Waals surface area contributed by atoms with Gasteiger partial charge in [-0.15, -0.1) is 0 Å². The van der Waals surface area contributed by atoms with E-state index in [1.54, 1.807) is 6.20 Å². The maximum Gasteiger partial charge on any atom is 0.122 e. The summed E-state index contributed by atoms with van der Waals surface area (Å²) in [6.07, 6.45) is 7.90. The molecule has 0 spiro atoms. The molecular formula is C12H18N4. The highest BCUT2D eigenvalue weighted by Gasteiger charge is 2.06. The minimum Gasteiger partial charge on any atom is -0.354 e. The SMILES string of the molecule is CCn1ccc(CNC(C)c2ncc[nH]2)c1. The van der Waals surface area contributed by atoms with E-state index >= 15 is 0 Å². The Labute approximate surface area is 95.7 Å². The summed E-state index contributed by atoms with van der Waals surface area (Å²) in [6, 6.07) is 2.39. The van der Waals surface area contributed by atoms with Crippen molar-refractivity contribution < 1.29 is 0 Å². The first kappa shape index (κ1) is 11.0. The van der Waals surface area contributed by atoms with E-state index in [0.29, 0.717) is 0 Å². The fourth-order valence-electron chi connectivity index (χ4n) is 1.67. The standard InChI is InChI=1S/C12H18N4/c1-3-16-7-4-11(9-16)8-15-10(2)12-13-5-6-14-12/h4-7,9-10,15H,3,8H2,1-2H3,(H,13,14). The van der Waals surface area contributed by atoms with Gasteiger partial charge >= 0.3 is 0 Å². The van der Waals surface area contributed by atoms with E-state index in [1.807, 2.05) is 6.20 Å². The minimum absolute atomic E-state index is 0.250. The summed E-state index contributed by atoms with van der Waals surface area (Å²) in [4.78, 5) is 7.34. The van der Waals surface area contributed by atoms with Gasteiger partial charge in [-0.05, 0) is 25.5 Å². The summed E-state index contributed by atoms with van der Waals surface area (Å²) < 4.78 is 2.18. The normalized spacial score (nSPS) is 12.9. The molecule has 2 aromatic heterocycles. The van der Waals surface area contributed by atoms with Gasteiger partial charge in [0.2, 0.25) is 0 Å². The van der Waals surface area contributed by atoms with E-state index in [-0.39, 0.29) is 6.04 Å². The van der Waals surface area contributed by atoms with Crippen LogP contribution in [0.25, 0.3) is 0 Å². The third-order valence-electron chi connectivity index (χ3n) is 2.72. The van der Waals surface area contributed by atoms with E-state index in [0.717, 1.165) is 18.9 Å². The van der Waals surface area contributed by atoms with Gasteiger partial charge in [-0.25, -0.2) is 4.98 Å². The lowest BCUT2D eigenvalue weighted by molar-refractivity contribution is 0.550. The van der Waals surface area contributed by atoms with Crippen molar-refractivity contribution in [2.45, 2.75) is 33.0 Å². The maximum absolute atomic E-state index is 4.23. The Morgan fingerprint density at radius 2 is 2.44 bits per heavy atom. The zero-order valence-electron chi connectivity index (χ0n) is 9.77. The van der Waals surface area contributed by atoms with Crippen molar-refractivity contribution in [3.8, 4) is 0 Å². The maximum atomic E-state index is 4.23. The summed E-state index contributed by atoms with van der Waals surface area (Å²) >= 11 is 0. The Kier molecular flexibility index (Phi) is 3.41. The van der Waals surface area contributed by atoms with Crippen LogP contribution >= 0.6 is 0 Å². The van der Waals surface area contributed by atoms with Crippen LogP contribution in [0.1, 0.15) is 31.3 Å². The van der Waals surface area contributed by atoms with Gasteiger partial charge in [0.1, 0.15) is 5.82 Å². The molecule has 2 heterocycles. The fraction of sp³-hybridized carbons (Fsp3) is 0.417. The quantitative estimate of drug-likeness (QED) is 0.807. The van der Waals surface area contributed by atoms with Crippen LogP contribution in [-0.2, 0) is 13.1 Å². The minimum atomic E-state index is 0.250. The second kappa shape index (κ2) is 4.99. The zero-order chi connectivity index (χ0) is 11.4. The van der Waals surface area contributed by atoms with Crippen LogP contribution in [0.2, 0.25) is 0 Å². The number of aromatic amines is 1. The van der Waals surface area contributed by atoms with E-state index < -0.39 is 0 Å². The lowest BCUT2D eigenvalue weighted by Crippen LogP contribution is -2.18. The monoisotopic (exact) mass is 218 g/mol. The number of rotatable bonds is 5. The summed E-state index contributed by atoms with van der Waals surface area (Å²) in [5.74, 6) is 0.981. The highest BCUT2D eigenvalue weighted by Crippen LogP contribution is 2.08. The van der Waals surface area contributed by atoms with Gasteiger partial charge in [0.25, 0.3) is 0 Å². The van der Waals surface area contributed by atoms with Crippen molar-refractivity contribution >= 4 is 0 Å². The first-order valence-corrected chi connectivity index (χ1v) is 5.67. The van der Waals surface area contributed by atoms with Crippen molar-refractivity contribution in [3.05, 3.63) is 42.2 Å². The average molecular weight is 218 g/mol. The van der Waals surface area contributed by atoms with Crippen molar-refractivity contribution in [1.29, 1.82) is 0 Å². The van der Waals surface area contributed by atoms with Gasteiger partial charge in [-0.3, -0.25) is 0 Å². The van der Waals surface area contributed by atoms with Crippen molar-refractivity contribution in [3.63, 3.8) is 0 Å². The zero-order valence-corrected chi connectivity index (χ0v) is 9.77. The molecule has 86 valence electrons. The van der Waals surface area contributed by atoms with Crippen LogP contribution in [0.3, 0.4) is 0 Å². The predicted octanol–water partition coefficient (Wildman–Crippen LogP) is 2.08. The van der Waals surface area contributed by atoms with Gasteiger partial charge in [0, 0.05) is 37.9 Å². The molecule has 4 nitrogen and oxygen atoms in total. The predicted molar refractivity (Wildman–Crippen MR) is 63.9 cm³/mol. The molecule has 2 N–H and O–H groups in total. The number of aromatic nitrogens is 3. The Hall–Kier alpha value is -1.55. The summed E-state index contributed by atoms with van der Waals surface area (Å²) in [5, 5.41) is 3.43. The third-order valence-corrected chi connectivity index (χ3v) is 2.72. The second-order valence-corrected chi connectivity index (χ2v) is 3.93. The largest absolute Gasteiger partial charge is 0.354 e. The number of H-pyrrole nitrogens is 1. The molecule has 0 aliphatic carbocycles. The van der Waals surface area contributed by atoms with Crippen LogP contribution in [0, 0.1) is 0 Å². The molecule has 0 aliphatic rings. The fourth-order valence-corrected chi connectivity index (χ4v) is 1.67. The Bertz CT molecular complexity index is 416. The molecule has 0 bridgehead atoms. The van der Waals surface area contributed by atoms with E-state index in [1.165, 1.54) is 5.56 Å². The van der Waals surface area contributed by atoms with Crippen molar-refractivity contribution in [2.75, 3.05) is 0 Å². The van der Waals surface area contributed by atoms with Gasteiger partial charge in [0.15, 0.2) is 0 Å². The molecule has 2 aromatic rings. The van der Waals surface area contributed by atoms with E-state index in [9.17, 15) is 0 Å². The molecule has 0 aliphatic heterocycles. The van der Waals surface area contributed by atoms with Crippen LogP contribution in [-0.4, -0.2) is 14.5 Å². The number of imidazole rings is 1. The van der Waals surface area contributed by atoms with Crippen molar-refractivity contribution in [1.82, 2.24) is 19.9 Å². The number of aryl methyl sites for hydroxylation is 1. The first-order valence-electron chi connectivity index (χ1n) is 5.67. The highest BCUT2D eigenvalue weighted by atomic mass is 15.0. The molecule has 1 unspecified atom stereocenters. The molecule has 0 saturated heterocycles. The Morgan fingerprint density at radius 3 is 3.06 bits per heavy atom. The average Bonchev–Trinajstić information content (AvgIpc) is 2.96. The number of hydrogen-bond acceptors (Lipinski definition) is 2. The van der Waals surface area contributed by atoms with Gasteiger partial charge in [0.05, 0.1) is 6.04 Å². The lowest BCUT2D eigenvalue weighted by Gasteiger charge is -2.10. The molecule has 0 aromatic carbocycles. The first-order chi connectivity index (χ1) is 7.79. The van der Waals surface area contributed by atoms with E-state index in [2.05, 4.69) is 52.2 Å². The molecule has 1 atom stereocenters. The topological polar surface area (TPSA) is 45.6 Å². The van der Waals surface area contributed by atoms with Gasteiger partial charge in [-0.1, -0.05) is 0 Å². The number of nitrogens with one attached hydrogen (secondary N) is 2. The highest BCUT2D eigenvalue weighted by molar-refractivity contribution is 5.10. The smallest absolute Gasteiger partial charge is 0.122 e. The summed E-state index contributed by atoms with van der Waals surface area (Å²) in [6.45, 7) is 6.14. The molecule has 4 heteroatoms. The molecule has 0 saturated carbocycles. The molecule has 2 rings (SSSR count). The van der Waals surface area contributed by atoms with Gasteiger partial charge in [-0.2, -0.15) is 0 Å². The number of hydrogen-bond donors (Lipinski definition) is 2.